The van der Waals surface area contributed by atoms with Crippen LogP contribution in [0.15, 0.2) is 36.4 Å². The fraction of sp³-hybridized carbons (Fsp3) is 0.571. The average Bonchev–Trinajstić information content (AvgIpc) is 1.64. The van der Waals surface area contributed by atoms with Crippen molar-refractivity contribution in [1.29, 1.82) is 0 Å². The molecule has 0 aliphatic rings. The van der Waals surface area contributed by atoms with Crippen molar-refractivity contribution >= 4 is 187 Å². The molecule has 9 heteroatoms. The van der Waals surface area contributed by atoms with E-state index >= 15 is 0 Å². The van der Waals surface area contributed by atoms with Crippen LogP contribution >= 0.6 is 102 Å². The van der Waals surface area contributed by atoms with Crippen LogP contribution in [0.4, 0.5) is 0 Å². The van der Waals surface area contributed by atoms with E-state index in [9.17, 15) is 0 Å². The second kappa shape index (κ2) is 61.6. The van der Waals surface area contributed by atoms with Crippen LogP contribution in [0, 0.1) is 72.8 Å². The van der Waals surface area contributed by atoms with Gasteiger partial charge >= 0.3 is 0 Å². The standard InChI is InChI=1S/C126H168S9/c1-19-37-55-91-92(56-38-20-2)110-75-76-112-95(59-41-23-5)96(60-42-24-6)114(129-112)79-80-116-99(63-45-27-9)100(64-46-28-10)118(131-116)83-84-120-103(67-49-31-13)104(68-50-32-14)122(133-120)87-88-124-107(71-53-35-17)108(72-54-36-18)126(135-124)90-89-125-106(70-52-34-16)105(69-51-33-15)123(134-125)86-85-121-102(66-48-30-12)101(65-47-29-11)119(132-121)82-81-117-98(62-44-26-8)97(61-43-25-7)115(130-117)78-77-113-94(58-40-22-4)93(57-39-21-3)111(128-113)74-73-109(91)127-110/h73-74,83-86H,19-72H2,1-18H3. The van der Waals surface area contributed by atoms with Crippen molar-refractivity contribution in [3.8, 4) is 0 Å². The lowest BCUT2D eigenvalue weighted by molar-refractivity contribution is 0.767. The quantitative estimate of drug-likeness (QED) is 0.0356. The van der Waals surface area contributed by atoms with E-state index in [1.54, 1.807) is 0 Å². The van der Waals surface area contributed by atoms with E-state index in [1.807, 2.05) is 102 Å². The van der Waals surface area contributed by atoms with E-state index in [4.69, 9.17) is 0 Å². The zero-order valence-corrected chi connectivity index (χ0v) is 94.7. The van der Waals surface area contributed by atoms with Crippen LogP contribution in [0.25, 0.3) is 84.6 Å². The highest BCUT2D eigenvalue weighted by molar-refractivity contribution is 7.27. The van der Waals surface area contributed by atoms with Crippen LogP contribution in [0.1, 0.15) is 456 Å². The molecule has 10 rings (SSSR count). The molecule has 0 fully saturated rings. The highest BCUT2D eigenvalue weighted by Gasteiger charge is 2.22. The first-order valence-electron chi connectivity index (χ1n) is 54.7. The Balaban J connectivity index is 1.39. The molecule has 0 aliphatic carbocycles. The third-order valence-corrected chi connectivity index (χ3v) is 37.4. The molecule has 0 amide bonds. The van der Waals surface area contributed by atoms with E-state index in [-0.39, 0.29) is 0 Å². The molecule has 726 valence electrons. The van der Waals surface area contributed by atoms with Gasteiger partial charge in [0.15, 0.2) is 0 Å². The molecule has 0 saturated carbocycles. The van der Waals surface area contributed by atoms with Crippen LogP contribution in [0.2, 0.25) is 0 Å². The van der Waals surface area contributed by atoms with E-state index < -0.39 is 0 Å². The summed E-state index contributed by atoms with van der Waals surface area (Å²) in [5, 5.41) is 0. The topological polar surface area (TPSA) is 0 Å². The summed E-state index contributed by atoms with van der Waals surface area (Å²) in [4.78, 5) is 0. The lowest BCUT2D eigenvalue weighted by atomic mass is 9.99. The normalized spacial score (nSPS) is 11.2. The van der Waals surface area contributed by atoms with Gasteiger partial charge in [-0.3, -0.25) is 0 Å². The minimum atomic E-state index is 1.04. The van der Waals surface area contributed by atoms with E-state index in [2.05, 4.69) is 234 Å². The molecule has 135 heavy (non-hydrogen) atoms. The van der Waals surface area contributed by atoms with E-state index in [0.717, 1.165) is 308 Å². The van der Waals surface area contributed by atoms with Crippen molar-refractivity contribution < 1.29 is 0 Å². The first-order valence-corrected chi connectivity index (χ1v) is 62.1. The summed E-state index contributed by atoms with van der Waals surface area (Å²) in [5.41, 5.74) is 27.0. The van der Waals surface area contributed by atoms with Crippen molar-refractivity contribution in [2.24, 2.45) is 0 Å². The van der Waals surface area contributed by atoms with Gasteiger partial charge in [0, 0.05) is 28.2 Å². The van der Waals surface area contributed by atoms with Crippen LogP contribution in [-0.4, -0.2) is 0 Å². The maximum atomic E-state index is 4.07. The van der Waals surface area contributed by atoms with Gasteiger partial charge in [0.05, 0.1) is 56.4 Å². The van der Waals surface area contributed by atoms with E-state index in [0.29, 0.717) is 0 Å². The zero-order chi connectivity index (χ0) is 96.1. The third kappa shape index (κ3) is 31.2. The van der Waals surface area contributed by atoms with Gasteiger partial charge in [-0.25, -0.2) is 0 Å². The second-order valence-electron chi connectivity index (χ2n) is 38.0. The Labute approximate surface area is 859 Å². The predicted molar refractivity (Wildman–Crippen MR) is 618 cm³/mol. The number of thiophene rings is 9. The lowest BCUT2D eigenvalue weighted by Gasteiger charge is -2.05. The third-order valence-electron chi connectivity index (χ3n) is 27.2. The summed E-state index contributed by atoms with van der Waals surface area (Å²) in [6, 6.07) is 64.1. The maximum Gasteiger partial charge on any atom is 0.0820 e. The minimum absolute atomic E-state index is 1.04. The maximum absolute atomic E-state index is 4.07. The largest absolute Gasteiger partial charge is 0.127 e. The van der Waals surface area contributed by atoms with Crippen LogP contribution in [0.3, 0.4) is 0 Å². The van der Waals surface area contributed by atoms with Gasteiger partial charge in [-0.15, -0.1) is 102 Å². The van der Waals surface area contributed by atoms with Crippen LogP contribution in [-0.2, 0) is 116 Å². The molecule has 0 aliphatic heterocycles. The summed E-state index contributed by atoms with van der Waals surface area (Å²) in [5.74, 6) is 0. The monoisotopic (exact) mass is 1970 g/mol. The molecule has 10 heterocycles. The number of fused-ring (bicyclic) bond motifs is 18. The molecule has 10 aromatic rings. The van der Waals surface area contributed by atoms with Gasteiger partial charge in [-0.1, -0.05) is 240 Å². The van der Waals surface area contributed by atoms with Gasteiger partial charge in [0.1, 0.15) is 0 Å². The molecule has 0 saturated heterocycles. The first-order chi connectivity index (χ1) is 66.3. The highest BCUT2D eigenvalue weighted by atomic mass is 32.1. The van der Waals surface area contributed by atoms with Crippen LogP contribution in [0.5, 0.6) is 0 Å². The number of aryl methyl sites for hydroxylation is 18. The van der Waals surface area contributed by atoms with Crippen molar-refractivity contribution in [3.05, 3.63) is 209 Å². The average molecular weight is 1970 g/mol. The summed E-state index contributed by atoms with van der Waals surface area (Å²) in [6.07, 6.45) is 60.7. The molecule has 0 nitrogen and oxygen atoms in total. The molecule has 0 N–H and O–H groups in total. The number of hydrogen-bond donors (Lipinski definition) is 0. The molecule has 0 atom stereocenters. The summed E-state index contributed by atoms with van der Waals surface area (Å²) in [7, 11) is 0. The molecule has 0 spiro atoms. The molecule has 0 radical (unpaired) electrons. The van der Waals surface area contributed by atoms with Crippen molar-refractivity contribution in [1.82, 2.24) is 0 Å². The Morgan fingerprint density at radius 2 is 0.200 bits per heavy atom. The van der Waals surface area contributed by atoms with Gasteiger partial charge in [0.25, 0.3) is 0 Å². The van der Waals surface area contributed by atoms with Crippen molar-refractivity contribution in [3.63, 3.8) is 0 Å². The van der Waals surface area contributed by atoms with Gasteiger partial charge < -0.3 is 0 Å². The Hall–Kier alpha value is -6.12. The van der Waals surface area contributed by atoms with Gasteiger partial charge in [0.2, 0.25) is 0 Å². The van der Waals surface area contributed by atoms with Crippen molar-refractivity contribution in [2.75, 3.05) is 0 Å². The van der Waals surface area contributed by atoms with Crippen LogP contribution < -0.4 is 0 Å². The Kier molecular flexibility index (Phi) is 50.5. The summed E-state index contributed by atoms with van der Waals surface area (Å²) < 4.78 is 23.5. The number of rotatable bonds is 54. The Morgan fingerprint density at radius 1 is 0.119 bits per heavy atom. The van der Waals surface area contributed by atoms with Gasteiger partial charge in [-0.2, -0.15) is 0 Å². The number of unbranched alkanes of at least 4 members (excludes halogenated alkanes) is 18. The fourth-order valence-electron chi connectivity index (χ4n) is 18.9. The second-order valence-corrected chi connectivity index (χ2v) is 47.4. The molecular weight excluding hydrogens is 1800 g/mol. The summed E-state index contributed by atoms with van der Waals surface area (Å²) >= 11 is 17.6. The van der Waals surface area contributed by atoms with Gasteiger partial charge in [-0.05, 0) is 440 Å². The molecule has 10 aromatic heterocycles. The fourth-order valence-corrected chi connectivity index (χ4v) is 29.2. The summed E-state index contributed by atoms with van der Waals surface area (Å²) in [6.45, 7) is 42.6. The molecule has 0 unspecified atom stereocenters. The molecular formula is C126H168S9. The lowest BCUT2D eigenvalue weighted by Crippen LogP contribution is -1.92. The smallest absolute Gasteiger partial charge is 0.0820 e. The zero-order valence-electron chi connectivity index (χ0n) is 87.3. The highest BCUT2D eigenvalue weighted by Crippen LogP contribution is 2.43. The van der Waals surface area contributed by atoms with Crippen molar-refractivity contribution in [2.45, 2.75) is 471 Å². The molecule has 18 bridgehead atoms. The Bertz CT molecular complexity index is 4400. The first kappa shape index (κ1) is 111. The minimum Gasteiger partial charge on any atom is -0.127 e. The predicted octanol–water partition coefficient (Wildman–Crippen LogP) is 42.8. The van der Waals surface area contributed by atoms with E-state index in [1.165, 1.54) is 223 Å². The SMILES string of the molecule is CCCCc1c(CCCC)c2c#cc3sc(ccc4sc(c#cc5sc(c#cc6sc(ccc7sc(c#cc8sc(c#cc9sc(ccc%10sc(c#cc1s2)c(CCCC)c%10CCCC)c(CCCC)c9CCCC)c(CCCC)c8CCCC)c(CCCC)c7CCCC)c(CCCC)c6CCCC)c(CCCC)c5CCCC)c(CCCC)c4CCCC)c(CCCC)c3CCCC. The Morgan fingerprint density at radius 3 is 0.296 bits per heavy atom. The molecule has 0 aromatic carbocycles. The number of hydrogen-bond acceptors (Lipinski definition) is 9.